The van der Waals surface area contributed by atoms with Gasteiger partial charge in [-0.15, -0.1) is 0 Å². The molecule has 0 aliphatic carbocycles. The lowest BCUT2D eigenvalue weighted by Gasteiger charge is -2.31. The highest BCUT2D eigenvalue weighted by Gasteiger charge is 2.19. The molecule has 1 saturated heterocycles. The summed E-state index contributed by atoms with van der Waals surface area (Å²) >= 11 is 0. The van der Waals surface area contributed by atoms with Crippen molar-refractivity contribution in [1.82, 2.24) is 20.2 Å². The summed E-state index contributed by atoms with van der Waals surface area (Å²) in [6.07, 6.45) is 3.96. The van der Waals surface area contributed by atoms with Gasteiger partial charge >= 0.3 is 0 Å². The van der Waals surface area contributed by atoms with Crippen LogP contribution in [-0.2, 0) is 0 Å². The topological polar surface area (TPSA) is 83.7 Å². The van der Waals surface area contributed by atoms with Crippen molar-refractivity contribution < 1.29 is 0 Å². The van der Waals surface area contributed by atoms with Crippen LogP contribution in [0.4, 0.5) is 5.82 Å². The number of nitrogens with zero attached hydrogens (tertiary/aromatic N) is 4. The Morgan fingerprint density at radius 2 is 2.18 bits per heavy atom. The van der Waals surface area contributed by atoms with Crippen molar-refractivity contribution in [2.24, 2.45) is 5.73 Å². The van der Waals surface area contributed by atoms with Gasteiger partial charge in [-0.05, 0) is 37.1 Å². The number of hydrogen-bond acceptors (Lipinski definition) is 5. The van der Waals surface area contributed by atoms with Gasteiger partial charge in [0.1, 0.15) is 11.5 Å². The molecule has 6 heteroatoms. The molecule has 3 aromatic heterocycles. The summed E-state index contributed by atoms with van der Waals surface area (Å²) in [6.45, 7) is 1.87. The Bertz CT molecular complexity index is 796. The van der Waals surface area contributed by atoms with Crippen molar-refractivity contribution in [3.05, 3.63) is 36.5 Å². The fraction of sp³-hybridized carbons (Fsp3) is 0.312. The van der Waals surface area contributed by atoms with Crippen LogP contribution in [0.3, 0.4) is 0 Å². The average molecular weight is 294 g/mol. The Balaban J connectivity index is 1.72. The lowest BCUT2D eigenvalue weighted by Crippen LogP contribution is -2.43. The predicted octanol–water partition coefficient (Wildman–Crippen LogP) is 1.95. The number of nitrogens with one attached hydrogen (secondary N) is 1. The zero-order chi connectivity index (χ0) is 14.9. The number of anilines is 1. The summed E-state index contributed by atoms with van der Waals surface area (Å²) in [4.78, 5) is 11.3. The first kappa shape index (κ1) is 13.2. The van der Waals surface area contributed by atoms with E-state index in [0.717, 1.165) is 54.2 Å². The zero-order valence-electron chi connectivity index (χ0n) is 12.2. The molecule has 1 atom stereocenters. The Morgan fingerprint density at radius 1 is 1.23 bits per heavy atom. The highest BCUT2D eigenvalue weighted by molar-refractivity contribution is 5.89. The van der Waals surface area contributed by atoms with Gasteiger partial charge in [0, 0.05) is 30.7 Å². The Labute approximate surface area is 128 Å². The molecule has 1 aliphatic heterocycles. The van der Waals surface area contributed by atoms with Gasteiger partial charge in [-0.25, -0.2) is 9.97 Å². The van der Waals surface area contributed by atoms with Crippen LogP contribution in [0.2, 0.25) is 0 Å². The highest BCUT2D eigenvalue weighted by atomic mass is 15.2. The van der Waals surface area contributed by atoms with Gasteiger partial charge in [-0.1, -0.05) is 6.07 Å². The first-order valence-electron chi connectivity index (χ1n) is 7.58. The summed E-state index contributed by atoms with van der Waals surface area (Å²) in [7, 11) is 0. The maximum absolute atomic E-state index is 6.07. The van der Waals surface area contributed by atoms with Crippen LogP contribution in [-0.4, -0.2) is 39.3 Å². The standard InChI is InChI=1S/C16H18N6/c17-11-4-3-9-22(10-11)14-7-1-6-13(19-14)15-12-5-2-8-18-16(12)21-20-15/h1-2,5-8,11H,3-4,9-10,17H2,(H,18,20,21). The van der Waals surface area contributed by atoms with E-state index in [9.17, 15) is 0 Å². The van der Waals surface area contributed by atoms with E-state index in [2.05, 4.69) is 20.1 Å². The predicted molar refractivity (Wildman–Crippen MR) is 86.5 cm³/mol. The van der Waals surface area contributed by atoms with Crippen LogP contribution in [0.1, 0.15) is 12.8 Å². The second-order valence-corrected chi connectivity index (χ2v) is 5.70. The fourth-order valence-electron chi connectivity index (χ4n) is 3.00. The molecule has 4 rings (SSSR count). The van der Waals surface area contributed by atoms with Crippen molar-refractivity contribution in [3.8, 4) is 11.4 Å². The normalized spacial score (nSPS) is 18.8. The number of rotatable bonds is 2. The zero-order valence-corrected chi connectivity index (χ0v) is 12.2. The molecule has 0 spiro atoms. The Hall–Kier alpha value is -2.47. The van der Waals surface area contributed by atoms with E-state index in [0.29, 0.717) is 0 Å². The third kappa shape index (κ3) is 2.31. The van der Waals surface area contributed by atoms with Crippen LogP contribution in [0.5, 0.6) is 0 Å². The van der Waals surface area contributed by atoms with E-state index in [1.165, 1.54) is 0 Å². The molecule has 0 amide bonds. The lowest BCUT2D eigenvalue weighted by atomic mass is 10.1. The summed E-state index contributed by atoms with van der Waals surface area (Å²) in [6, 6.07) is 10.2. The van der Waals surface area contributed by atoms with Crippen molar-refractivity contribution in [3.63, 3.8) is 0 Å². The molecule has 1 unspecified atom stereocenters. The van der Waals surface area contributed by atoms with Gasteiger partial charge in [0.15, 0.2) is 5.65 Å². The average Bonchev–Trinajstić information content (AvgIpc) is 2.99. The second-order valence-electron chi connectivity index (χ2n) is 5.70. The third-order valence-corrected chi connectivity index (χ3v) is 4.10. The van der Waals surface area contributed by atoms with Gasteiger partial charge in [0.2, 0.25) is 0 Å². The van der Waals surface area contributed by atoms with Gasteiger partial charge < -0.3 is 10.6 Å². The molecule has 0 saturated carbocycles. The highest BCUT2D eigenvalue weighted by Crippen LogP contribution is 2.26. The molecular weight excluding hydrogens is 276 g/mol. The summed E-state index contributed by atoms with van der Waals surface area (Å²) in [5, 5.41) is 8.32. The van der Waals surface area contributed by atoms with E-state index in [4.69, 9.17) is 10.7 Å². The third-order valence-electron chi connectivity index (χ3n) is 4.10. The van der Waals surface area contributed by atoms with Crippen LogP contribution in [0.15, 0.2) is 36.5 Å². The molecule has 3 N–H and O–H groups in total. The van der Waals surface area contributed by atoms with E-state index in [1.807, 2.05) is 30.3 Å². The molecule has 112 valence electrons. The van der Waals surface area contributed by atoms with Crippen molar-refractivity contribution >= 4 is 16.9 Å². The van der Waals surface area contributed by atoms with Crippen molar-refractivity contribution in [1.29, 1.82) is 0 Å². The molecule has 3 aromatic rings. The maximum atomic E-state index is 6.07. The lowest BCUT2D eigenvalue weighted by molar-refractivity contribution is 0.503. The van der Waals surface area contributed by atoms with Gasteiger partial charge in [-0.2, -0.15) is 5.10 Å². The van der Waals surface area contributed by atoms with Gasteiger partial charge in [-0.3, -0.25) is 5.10 Å². The number of pyridine rings is 2. The molecule has 0 radical (unpaired) electrons. The van der Waals surface area contributed by atoms with E-state index in [1.54, 1.807) is 6.20 Å². The SMILES string of the molecule is NC1CCCN(c2cccc(-c3n[nH]c4ncccc34)n2)C1. The minimum Gasteiger partial charge on any atom is -0.355 e. The van der Waals surface area contributed by atoms with Crippen LogP contribution < -0.4 is 10.6 Å². The first-order chi connectivity index (χ1) is 10.8. The molecular formula is C16H18N6. The molecule has 1 aliphatic rings. The van der Waals surface area contributed by atoms with Gasteiger partial charge in [0.25, 0.3) is 0 Å². The van der Waals surface area contributed by atoms with E-state index < -0.39 is 0 Å². The molecule has 6 nitrogen and oxygen atoms in total. The van der Waals surface area contributed by atoms with Crippen molar-refractivity contribution in [2.45, 2.75) is 18.9 Å². The maximum Gasteiger partial charge on any atom is 0.155 e. The van der Waals surface area contributed by atoms with Crippen LogP contribution >= 0.6 is 0 Å². The number of fused-ring (bicyclic) bond motifs is 1. The monoisotopic (exact) mass is 294 g/mol. The Kier molecular flexibility index (Phi) is 3.23. The minimum absolute atomic E-state index is 0.231. The summed E-state index contributed by atoms with van der Waals surface area (Å²) in [5.74, 6) is 0.965. The number of piperidine rings is 1. The Morgan fingerprint density at radius 3 is 3.09 bits per heavy atom. The molecule has 1 fully saturated rings. The van der Waals surface area contributed by atoms with Crippen molar-refractivity contribution in [2.75, 3.05) is 18.0 Å². The number of aromatic nitrogens is 4. The molecule has 4 heterocycles. The number of H-pyrrole nitrogens is 1. The quantitative estimate of drug-likeness (QED) is 0.754. The smallest absolute Gasteiger partial charge is 0.155 e. The van der Waals surface area contributed by atoms with Crippen LogP contribution in [0.25, 0.3) is 22.4 Å². The molecule has 0 aromatic carbocycles. The first-order valence-corrected chi connectivity index (χ1v) is 7.58. The largest absolute Gasteiger partial charge is 0.355 e. The number of hydrogen-bond donors (Lipinski definition) is 2. The summed E-state index contributed by atoms with van der Waals surface area (Å²) < 4.78 is 0. The minimum atomic E-state index is 0.231. The second kappa shape index (κ2) is 5.38. The molecule has 0 bridgehead atoms. The number of nitrogens with two attached hydrogens (primary N) is 1. The van der Waals surface area contributed by atoms with E-state index in [-0.39, 0.29) is 6.04 Å². The fourth-order valence-corrected chi connectivity index (χ4v) is 3.00. The van der Waals surface area contributed by atoms with E-state index >= 15 is 0 Å². The number of aromatic amines is 1. The summed E-state index contributed by atoms with van der Waals surface area (Å²) in [5.41, 5.74) is 8.55. The molecule has 22 heavy (non-hydrogen) atoms. The van der Waals surface area contributed by atoms with Gasteiger partial charge in [0.05, 0.1) is 5.69 Å². The van der Waals surface area contributed by atoms with Crippen LogP contribution in [0, 0.1) is 0 Å².